The maximum Gasteiger partial charge on any atom is 0.233 e. The molecule has 1 aliphatic carbocycles. The zero-order valence-corrected chi connectivity index (χ0v) is 12.8. The average molecular weight is 270 g/mol. The Kier molecular flexibility index (Phi) is 4.76. The maximum absolute atomic E-state index is 12.5. The normalized spacial score (nSPS) is 21.1. The highest BCUT2D eigenvalue weighted by Gasteiger charge is 2.43. The Morgan fingerprint density at radius 1 is 1.28 bits per heavy atom. The minimum Gasteiger partial charge on any atom is -0.392 e. The molecular weight excluding hydrogens is 244 g/mol. The lowest BCUT2D eigenvalue weighted by Gasteiger charge is -2.38. The van der Waals surface area contributed by atoms with E-state index in [9.17, 15) is 4.79 Å². The van der Waals surface area contributed by atoms with Crippen molar-refractivity contribution in [3.05, 3.63) is 0 Å². The second-order valence-electron chi connectivity index (χ2n) is 6.57. The summed E-state index contributed by atoms with van der Waals surface area (Å²) in [6, 6.07) is 0.109. The van der Waals surface area contributed by atoms with Crippen molar-refractivity contribution in [3.63, 3.8) is 0 Å². The fourth-order valence-corrected chi connectivity index (χ4v) is 2.59. The number of rotatable bonds is 3. The van der Waals surface area contributed by atoms with Crippen LogP contribution in [0.4, 0.5) is 0 Å². The number of hydrogen-bond acceptors (Lipinski definition) is 2. The van der Waals surface area contributed by atoms with E-state index in [1.54, 1.807) is 0 Å². The first kappa shape index (κ1) is 15.4. The highest BCUT2D eigenvalue weighted by molar-refractivity contribution is 7.80. The Morgan fingerprint density at radius 2 is 1.78 bits per heavy atom. The van der Waals surface area contributed by atoms with E-state index in [4.69, 9.17) is 18.0 Å². The van der Waals surface area contributed by atoms with Crippen LogP contribution in [0.3, 0.4) is 0 Å². The zero-order chi connectivity index (χ0) is 14.0. The Morgan fingerprint density at radius 3 is 2.17 bits per heavy atom. The third-order valence-corrected chi connectivity index (χ3v) is 4.65. The molecule has 0 heterocycles. The van der Waals surface area contributed by atoms with Crippen LogP contribution in [0.2, 0.25) is 0 Å². The molecule has 0 aromatic carbocycles. The van der Waals surface area contributed by atoms with Crippen LogP contribution in [0.5, 0.6) is 0 Å². The van der Waals surface area contributed by atoms with E-state index in [2.05, 4.69) is 26.1 Å². The van der Waals surface area contributed by atoms with Crippen LogP contribution in [0.25, 0.3) is 0 Å². The quantitative estimate of drug-likeness (QED) is 0.775. The van der Waals surface area contributed by atoms with Gasteiger partial charge in [-0.1, -0.05) is 52.3 Å². The predicted molar refractivity (Wildman–Crippen MR) is 79.4 cm³/mol. The van der Waals surface area contributed by atoms with Gasteiger partial charge in [0.2, 0.25) is 5.91 Å². The third kappa shape index (κ3) is 3.22. The summed E-state index contributed by atoms with van der Waals surface area (Å²) in [7, 11) is 0. The molecule has 0 aromatic rings. The lowest BCUT2D eigenvalue weighted by atomic mass is 9.72. The lowest BCUT2D eigenvalue weighted by Crippen LogP contribution is -2.54. The van der Waals surface area contributed by atoms with E-state index in [1.165, 1.54) is 6.42 Å². The van der Waals surface area contributed by atoms with E-state index < -0.39 is 5.41 Å². The van der Waals surface area contributed by atoms with Gasteiger partial charge in [-0.05, 0) is 25.2 Å². The van der Waals surface area contributed by atoms with Crippen LogP contribution in [-0.4, -0.2) is 16.9 Å². The topological polar surface area (TPSA) is 55.1 Å². The standard InChI is InChI=1S/C14H26N2OS/c1-10(13(2,3)4)16-12(17)14(11(15)18)8-6-5-7-9-14/h10H,5-9H2,1-4H3,(H2,15,18)(H,16,17). The number of carbonyl (C=O) groups excluding carboxylic acids is 1. The van der Waals surface area contributed by atoms with E-state index >= 15 is 0 Å². The third-order valence-electron chi connectivity index (χ3n) is 4.26. The highest BCUT2D eigenvalue weighted by Crippen LogP contribution is 2.37. The Labute approximate surface area is 116 Å². The maximum atomic E-state index is 12.5. The van der Waals surface area contributed by atoms with Crippen molar-refractivity contribution in [3.8, 4) is 0 Å². The number of amides is 1. The molecule has 3 N–H and O–H groups in total. The molecule has 0 aromatic heterocycles. The van der Waals surface area contributed by atoms with Crippen LogP contribution in [0, 0.1) is 10.8 Å². The molecule has 1 aliphatic rings. The van der Waals surface area contributed by atoms with E-state index in [-0.39, 0.29) is 17.4 Å². The fourth-order valence-electron chi connectivity index (χ4n) is 2.29. The second kappa shape index (κ2) is 5.55. The largest absolute Gasteiger partial charge is 0.392 e. The van der Waals surface area contributed by atoms with Gasteiger partial charge in [0.25, 0.3) is 0 Å². The first-order chi connectivity index (χ1) is 8.20. The zero-order valence-electron chi connectivity index (χ0n) is 12.0. The van der Waals surface area contributed by atoms with Crippen molar-refractivity contribution in [2.75, 3.05) is 0 Å². The molecule has 1 unspecified atom stereocenters. The predicted octanol–water partition coefficient (Wildman–Crippen LogP) is 2.77. The molecule has 18 heavy (non-hydrogen) atoms. The van der Waals surface area contributed by atoms with Crippen molar-refractivity contribution in [2.24, 2.45) is 16.6 Å². The van der Waals surface area contributed by atoms with E-state index in [0.29, 0.717) is 4.99 Å². The summed E-state index contributed by atoms with van der Waals surface area (Å²) in [6.07, 6.45) is 4.84. The van der Waals surface area contributed by atoms with E-state index in [0.717, 1.165) is 25.7 Å². The Balaban J connectivity index is 2.81. The number of nitrogens with one attached hydrogen (secondary N) is 1. The molecule has 0 aliphatic heterocycles. The van der Waals surface area contributed by atoms with Crippen molar-refractivity contribution < 1.29 is 4.79 Å². The first-order valence-electron chi connectivity index (χ1n) is 6.81. The summed E-state index contributed by atoms with van der Waals surface area (Å²) < 4.78 is 0. The van der Waals surface area contributed by atoms with Gasteiger partial charge in [-0.2, -0.15) is 0 Å². The molecule has 4 heteroatoms. The van der Waals surface area contributed by atoms with Crippen LogP contribution < -0.4 is 11.1 Å². The number of thiocarbonyl (C=S) groups is 1. The van der Waals surface area contributed by atoms with Crippen LogP contribution >= 0.6 is 12.2 Å². The summed E-state index contributed by atoms with van der Waals surface area (Å²) >= 11 is 5.17. The lowest BCUT2D eigenvalue weighted by molar-refractivity contribution is -0.130. The SMILES string of the molecule is CC(NC(=O)C1(C(N)=S)CCCCC1)C(C)(C)C. The van der Waals surface area contributed by atoms with Crippen molar-refractivity contribution >= 4 is 23.1 Å². The molecule has 3 nitrogen and oxygen atoms in total. The van der Waals surface area contributed by atoms with Crippen LogP contribution in [0.1, 0.15) is 59.8 Å². The highest BCUT2D eigenvalue weighted by atomic mass is 32.1. The summed E-state index contributed by atoms with van der Waals surface area (Å²) in [6.45, 7) is 8.39. The first-order valence-corrected chi connectivity index (χ1v) is 7.22. The van der Waals surface area contributed by atoms with Crippen LogP contribution in [0.15, 0.2) is 0 Å². The Hall–Kier alpha value is -0.640. The van der Waals surface area contributed by atoms with Gasteiger partial charge in [-0.15, -0.1) is 0 Å². The van der Waals surface area contributed by atoms with E-state index in [1.807, 2.05) is 6.92 Å². The Bertz CT molecular complexity index is 327. The monoisotopic (exact) mass is 270 g/mol. The number of nitrogens with two attached hydrogens (primary N) is 1. The molecule has 1 atom stereocenters. The molecule has 0 spiro atoms. The van der Waals surface area contributed by atoms with Crippen molar-refractivity contribution in [1.82, 2.24) is 5.32 Å². The molecular formula is C14H26N2OS. The smallest absolute Gasteiger partial charge is 0.233 e. The van der Waals surface area contributed by atoms with Gasteiger partial charge in [0.1, 0.15) is 0 Å². The van der Waals surface area contributed by atoms with Gasteiger partial charge in [0.15, 0.2) is 0 Å². The van der Waals surface area contributed by atoms with Gasteiger partial charge < -0.3 is 11.1 Å². The van der Waals surface area contributed by atoms with Gasteiger partial charge in [-0.3, -0.25) is 4.79 Å². The molecule has 1 saturated carbocycles. The van der Waals surface area contributed by atoms with Crippen molar-refractivity contribution in [2.45, 2.75) is 65.8 Å². The average Bonchev–Trinajstić information content (AvgIpc) is 2.28. The second-order valence-corrected chi connectivity index (χ2v) is 7.01. The summed E-state index contributed by atoms with van der Waals surface area (Å²) in [5, 5.41) is 3.11. The van der Waals surface area contributed by atoms with Crippen LogP contribution in [-0.2, 0) is 4.79 Å². The molecule has 104 valence electrons. The molecule has 0 radical (unpaired) electrons. The minimum atomic E-state index is -0.604. The van der Waals surface area contributed by atoms with Gasteiger partial charge >= 0.3 is 0 Å². The van der Waals surface area contributed by atoms with Gasteiger partial charge in [0, 0.05) is 6.04 Å². The van der Waals surface area contributed by atoms with Gasteiger partial charge in [0.05, 0.1) is 10.4 Å². The summed E-state index contributed by atoms with van der Waals surface area (Å²) in [5.41, 5.74) is 5.30. The summed E-state index contributed by atoms with van der Waals surface area (Å²) in [5.74, 6) is 0.0251. The fraction of sp³-hybridized carbons (Fsp3) is 0.857. The molecule has 1 fully saturated rings. The number of hydrogen-bond donors (Lipinski definition) is 2. The summed E-state index contributed by atoms with van der Waals surface area (Å²) in [4.78, 5) is 12.9. The molecule has 0 bridgehead atoms. The van der Waals surface area contributed by atoms with Gasteiger partial charge in [-0.25, -0.2) is 0 Å². The molecule has 0 saturated heterocycles. The molecule has 1 rings (SSSR count). The molecule has 1 amide bonds. The minimum absolute atomic E-state index is 0.0251. The van der Waals surface area contributed by atoms with Crippen molar-refractivity contribution in [1.29, 1.82) is 0 Å². The number of carbonyl (C=O) groups is 1.